The van der Waals surface area contributed by atoms with Gasteiger partial charge in [-0.05, 0) is 24.6 Å². The van der Waals surface area contributed by atoms with E-state index >= 15 is 0 Å². The standard InChI is InChI=1S/C17H18FNO/c1-13(19)16-10-9-15(18)12-17(16)20-11-5-8-14-6-3-2-4-7-14/h2-10,12-13H,11,19H2,1H3/t13-/m1/s1. The molecule has 0 bridgehead atoms. The van der Waals surface area contributed by atoms with Gasteiger partial charge in [0.25, 0.3) is 0 Å². The van der Waals surface area contributed by atoms with Gasteiger partial charge in [-0.2, -0.15) is 0 Å². The molecule has 2 N–H and O–H groups in total. The lowest BCUT2D eigenvalue weighted by molar-refractivity contribution is 0.355. The Morgan fingerprint density at radius 1 is 1.20 bits per heavy atom. The maximum Gasteiger partial charge on any atom is 0.127 e. The maximum atomic E-state index is 13.2. The number of halogens is 1. The predicted octanol–water partition coefficient (Wildman–Crippen LogP) is 3.94. The fourth-order valence-electron chi connectivity index (χ4n) is 1.90. The Balaban J connectivity index is 2.00. The molecule has 0 aliphatic carbocycles. The van der Waals surface area contributed by atoms with E-state index in [-0.39, 0.29) is 11.9 Å². The minimum absolute atomic E-state index is 0.191. The molecule has 1 atom stereocenters. The van der Waals surface area contributed by atoms with Crippen LogP contribution in [0.3, 0.4) is 0 Å². The Hall–Kier alpha value is -2.13. The summed E-state index contributed by atoms with van der Waals surface area (Å²) >= 11 is 0. The van der Waals surface area contributed by atoms with Crippen molar-refractivity contribution in [2.75, 3.05) is 6.61 Å². The highest BCUT2D eigenvalue weighted by Gasteiger charge is 2.08. The summed E-state index contributed by atoms with van der Waals surface area (Å²) in [5, 5.41) is 0. The summed E-state index contributed by atoms with van der Waals surface area (Å²) in [4.78, 5) is 0. The molecule has 0 aliphatic heterocycles. The molecule has 0 radical (unpaired) electrons. The van der Waals surface area contributed by atoms with E-state index in [1.807, 2.05) is 49.4 Å². The lowest BCUT2D eigenvalue weighted by atomic mass is 10.1. The average molecular weight is 271 g/mol. The molecule has 0 heterocycles. The summed E-state index contributed by atoms with van der Waals surface area (Å²) in [6.45, 7) is 2.22. The summed E-state index contributed by atoms with van der Waals surface area (Å²) in [7, 11) is 0. The molecule has 20 heavy (non-hydrogen) atoms. The highest BCUT2D eigenvalue weighted by atomic mass is 19.1. The van der Waals surface area contributed by atoms with Crippen LogP contribution in [-0.4, -0.2) is 6.61 Å². The molecule has 3 heteroatoms. The molecular formula is C17H18FNO. The second kappa shape index (κ2) is 6.87. The van der Waals surface area contributed by atoms with Gasteiger partial charge in [-0.1, -0.05) is 42.5 Å². The second-order valence-electron chi connectivity index (χ2n) is 4.59. The van der Waals surface area contributed by atoms with Crippen LogP contribution in [0.2, 0.25) is 0 Å². The highest BCUT2D eigenvalue weighted by Crippen LogP contribution is 2.24. The smallest absolute Gasteiger partial charge is 0.127 e. The number of nitrogens with two attached hydrogens (primary N) is 1. The van der Waals surface area contributed by atoms with Gasteiger partial charge in [0.1, 0.15) is 18.2 Å². The molecule has 0 saturated carbocycles. The zero-order valence-corrected chi connectivity index (χ0v) is 11.4. The van der Waals surface area contributed by atoms with Crippen LogP contribution in [0.5, 0.6) is 5.75 Å². The maximum absolute atomic E-state index is 13.2. The molecule has 0 spiro atoms. The Labute approximate surface area is 118 Å². The van der Waals surface area contributed by atoms with Crippen LogP contribution in [0.25, 0.3) is 6.08 Å². The van der Waals surface area contributed by atoms with E-state index in [2.05, 4.69) is 0 Å². The number of hydrogen-bond acceptors (Lipinski definition) is 2. The molecule has 0 aliphatic rings. The number of ether oxygens (including phenoxy) is 1. The van der Waals surface area contributed by atoms with Gasteiger partial charge >= 0.3 is 0 Å². The molecule has 0 aromatic heterocycles. The predicted molar refractivity (Wildman–Crippen MR) is 80.0 cm³/mol. The van der Waals surface area contributed by atoms with Crippen molar-refractivity contribution in [3.8, 4) is 5.75 Å². The van der Waals surface area contributed by atoms with Crippen molar-refractivity contribution in [3.63, 3.8) is 0 Å². The zero-order valence-electron chi connectivity index (χ0n) is 11.4. The van der Waals surface area contributed by atoms with Crippen molar-refractivity contribution >= 4 is 6.08 Å². The summed E-state index contributed by atoms with van der Waals surface area (Å²) in [6.07, 6.45) is 3.86. The van der Waals surface area contributed by atoms with E-state index in [4.69, 9.17) is 10.5 Å². The number of hydrogen-bond donors (Lipinski definition) is 1. The first kappa shape index (κ1) is 14.3. The van der Waals surface area contributed by atoms with Crippen molar-refractivity contribution in [3.05, 3.63) is 71.6 Å². The molecule has 2 aromatic rings. The fraction of sp³-hybridized carbons (Fsp3) is 0.176. The van der Waals surface area contributed by atoms with Gasteiger partial charge in [0.05, 0.1) is 0 Å². The van der Waals surface area contributed by atoms with Gasteiger partial charge in [0, 0.05) is 17.7 Å². The SMILES string of the molecule is C[C@@H](N)c1ccc(F)cc1OCC=Cc1ccccc1. The third-order valence-electron chi connectivity index (χ3n) is 2.91. The fourth-order valence-corrected chi connectivity index (χ4v) is 1.90. The molecule has 0 unspecified atom stereocenters. The van der Waals surface area contributed by atoms with Crippen LogP contribution >= 0.6 is 0 Å². The Kier molecular flexibility index (Phi) is 4.91. The lowest BCUT2D eigenvalue weighted by Gasteiger charge is -2.12. The van der Waals surface area contributed by atoms with Gasteiger partial charge < -0.3 is 10.5 Å². The van der Waals surface area contributed by atoms with E-state index in [0.717, 1.165) is 11.1 Å². The average Bonchev–Trinajstić information content (AvgIpc) is 2.44. The van der Waals surface area contributed by atoms with E-state index in [1.165, 1.54) is 12.1 Å². The number of rotatable bonds is 5. The summed E-state index contributed by atoms with van der Waals surface area (Å²) in [5.74, 6) is 0.175. The topological polar surface area (TPSA) is 35.2 Å². The van der Waals surface area contributed by atoms with Crippen molar-refractivity contribution in [1.82, 2.24) is 0 Å². The van der Waals surface area contributed by atoms with E-state index in [9.17, 15) is 4.39 Å². The summed E-state index contributed by atoms with van der Waals surface area (Å²) < 4.78 is 18.8. The van der Waals surface area contributed by atoms with Crippen LogP contribution in [0, 0.1) is 5.82 Å². The number of benzene rings is 2. The second-order valence-corrected chi connectivity index (χ2v) is 4.59. The molecule has 0 saturated heterocycles. The van der Waals surface area contributed by atoms with Crippen molar-refractivity contribution < 1.29 is 9.13 Å². The summed E-state index contributed by atoms with van der Waals surface area (Å²) in [6, 6.07) is 14.2. The van der Waals surface area contributed by atoms with Gasteiger partial charge in [0.2, 0.25) is 0 Å². The zero-order chi connectivity index (χ0) is 14.4. The highest BCUT2D eigenvalue weighted by molar-refractivity contribution is 5.48. The lowest BCUT2D eigenvalue weighted by Crippen LogP contribution is -2.08. The molecule has 0 fully saturated rings. The molecule has 0 amide bonds. The Bertz CT molecular complexity index is 579. The Morgan fingerprint density at radius 3 is 2.65 bits per heavy atom. The first-order valence-corrected chi connectivity index (χ1v) is 6.56. The van der Waals surface area contributed by atoms with E-state index in [0.29, 0.717) is 12.4 Å². The van der Waals surface area contributed by atoms with Crippen LogP contribution < -0.4 is 10.5 Å². The van der Waals surface area contributed by atoms with Crippen LogP contribution in [-0.2, 0) is 0 Å². The first-order chi connectivity index (χ1) is 9.66. The van der Waals surface area contributed by atoms with Crippen molar-refractivity contribution in [1.29, 1.82) is 0 Å². The molecule has 2 aromatic carbocycles. The third-order valence-corrected chi connectivity index (χ3v) is 2.91. The largest absolute Gasteiger partial charge is 0.489 e. The van der Waals surface area contributed by atoms with Gasteiger partial charge in [-0.25, -0.2) is 4.39 Å². The van der Waals surface area contributed by atoms with Crippen LogP contribution in [0.4, 0.5) is 4.39 Å². The van der Waals surface area contributed by atoms with Gasteiger partial charge in [-0.15, -0.1) is 0 Å². The van der Waals surface area contributed by atoms with Gasteiger partial charge in [0.15, 0.2) is 0 Å². The van der Waals surface area contributed by atoms with Crippen LogP contribution in [0.15, 0.2) is 54.6 Å². The third kappa shape index (κ3) is 3.93. The monoisotopic (exact) mass is 271 g/mol. The quantitative estimate of drug-likeness (QED) is 0.894. The molecule has 2 rings (SSSR count). The molecule has 104 valence electrons. The molecular weight excluding hydrogens is 253 g/mol. The normalized spacial score (nSPS) is 12.6. The van der Waals surface area contributed by atoms with Gasteiger partial charge in [-0.3, -0.25) is 0 Å². The van der Waals surface area contributed by atoms with E-state index in [1.54, 1.807) is 6.07 Å². The molecule has 2 nitrogen and oxygen atoms in total. The first-order valence-electron chi connectivity index (χ1n) is 6.56. The van der Waals surface area contributed by atoms with Crippen molar-refractivity contribution in [2.24, 2.45) is 5.73 Å². The van der Waals surface area contributed by atoms with Crippen LogP contribution in [0.1, 0.15) is 24.1 Å². The minimum atomic E-state index is -0.323. The minimum Gasteiger partial charge on any atom is -0.489 e. The van der Waals surface area contributed by atoms with Crippen molar-refractivity contribution in [2.45, 2.75) is 13.0 Å². The Morgan fingerprint density at radius 2 is 1.95 bits per heavy atom. The summed E-state index contributed by atoms with van der Waals surface area (Å²) in [5.41, 5.74) is 7.74. The van der Waals surface area contributed by atoms with E-state index < -0.39 is 0 Å².